The molecule has 4 aromatic rings. The number of nitrogens with zero attached hydrogens (tertiary/aromatic N) is 2. The van der Waals surface area contributed by atoms with Gasteiger partial charge >= 0.3 is 0 Å². The summed E-state index contributed by atoms with van der Waals surface area (Å²) in [6.07, 6.45) is 0.713. The molecule has 4 aromatic carbocycles. The summed E-state index contributed by atoms with van der Waals surface area (Å²) in [6.45, 7) is 4.37. The van der Waals surface area contributed by atoms with Crippen molar-refractivity contribution in [3.8, 4) is 5.75 Å². The molecule has 2 N–H and O–H groups in total. The van der Waals surface area contributed by atoms with Crippen LogP contribution in [0, 0.1) is 5.82 Å². The number of piperazine rings is 1. The maximum atomic E-state index is 13.6. The van der Waals surface area contributed by atoms with Crippen molar-refractivity contribution in [2.45, 2.75) is 25.8 Å². The zero-order valence-corrected chi connectivity index (χ0v) is 25.5. The number of halogens is 1. The number of carbonyl (C=O) groups is 3. The van der Waals surface area contributed by atoms with Crippen LogP contribution in [-0.2, 0) is 11.3 Å². The number of anilines is 2. The fourth-order valence-electron chi connectivity index (χ4n) is 5.55. The molecule has 5 rings (SSSR count). The Morgan fingerprint density at radius 3 is 2.27 bits per heavy atom. The van der Waals surface area contributed by atoms with Crippen LogP contribution >= 0.6 is 0 Å². The Balaban J connectivity index is 1.34. The fraction of sp³-hybridized carbons (Fsp3) is 0.250. The molecule has 232 valence electrons. The van der Waals surface area contributed by atoms with Gasteiger partial charge in [0.25, 0.3) is 11.8 Å². The number of rotatable bonds is 10. The van der Waals surface area contributed by atoms with Crippen LogP contribution in [0.25, 0.3) is 0 Å². The topological polar surface area (TPSA) is 91.0 Å². The van der Waals surface area contributed by atoms with Gasteiger partial charge in [-0.25, -0.2) is 4.39 Å². The van der Waals surface area contributed by atoms with Crippen molar-refractivity contribution in [2.75, 3.05) is 43.5 Å². The van der Waals surface area contributed by atoms with Crippen LogP contribution in [-0.4, -0.2) is 55.9 Å². The van der Waals surface area contributed by atoms with E-state index in [1.807, 2.05) is 48.2 Å². The minimum Gasteiger partial charge on any atom is -0.497 e. The highest BCUT2D eigenvalue weighted by atomic mass is 19.1. The van der Waals surface area contributed by atoms with Crippen LogP contribution in [0.4, 0.5) is 15.8 Å². The summed E-state index contributed by atoms with van der Waals surface area (Å²) >= 11 is 0. The van der Waals surface area contributed by atoms with Gasteiger partial charge in [0.2, 0.25) is 5.91 Å². The number of benzene rings is 4. The third-order valence-electron chi connectivity index (χ3n) is 8.04. The summed E-state index contributed by atoms with van der Waals surface area (Å²) in [5.74, 6) is -0.547. The number of hydrogen-bond donors (Lipinski definition) is 2. The molecule has 1 fully saturated rings. The number of nitrogens with one attached hydrogen (secondary N) is 2. The van der Waals surface area contributed by atoms with E-state index >= 15 is 0 Å². The minimum absolute atomic E-state index is 0.108. The second-order valence-corrected chi connectivity index (χ2v) is 10.9. The number of ether oxygens (including phenoxy) is 1. The lowest BCUT2D eigenvalue weighted by Crippen LogP contribution is -2.50. The van der Waals surface area contributed by atoms with E-state index in [4.69, 9.17) is 4.74 Å². The van der Waals surface area contributed by atoms with Crippen molar-refractivity contribution in [2.24, 2.45) is 0 Å². The van der Waals surface area contributed by atoms with Crippen LogP contribution in [0.15, 0.2) is 97.1 Å². The average molecular weight is 609 g/mol. The van der Waals surface area contributed by atoms with Crippen molar-refractivity contribution in [1.82, 2.24) is 10.2 Å². The molecule has 1 atom stereocenters. The van der Waals surface area contributed by atoms with E-state index < -0.39 is 0 Å². The van der Waals surface area contributed by atoms with Gasteiger partial charge in [-0.05, 0) is 66.1 Å². The fourth-order valence-corrected chi connectivity index (χ4v) is 5.55. The smallest absolute Gasteiger partial charge is 0.255 e. The van der Waals surface area contributed by atoms with Crippen molar-refractivity contribution < 1.29 is 23.5 Å². The van der Waals surface area contributed by atoms with Crippen molar-refractivity contribution in [3.63, 3.8) is 0 Å². The Labute approximate surface area is 262 Å². The van der Waals surface area contributed by atoms with Crippen molar-refractivity contribution in [1.29, 1.82) is 0 Å². The van der Waals surface area contributed by atoms with Gasteiger partial charge in [-0.3, -0.25) is 14.4 Å². The van der Waals surface area contributed by atoms with E-state index in [0.29, 0.717) is 60.9 Å². The Kier molecular flexibility index (Phi) is 10.1. The molecule has 0 saturated carbocycles. The lowest BCUT2D eigenvalue weighted by atomic mass is 9.94. The Hall–Kier alpha value is -5.18. The van der Waals surface area contributed by atoms with E-state index in [2.05, 4.69) is 15.5 Å². The van der Waals surface area contributed by atoms with Gasteiger partial charge in [0.05, 0.1) is 18.6 Å². The van der Waals surface area contributed by atoms with Crippen molar-refractivity contribution >= 4 is 29.1 Å². The van der Waals surface area contributed by atoms with Crippen LogP contribution in [0.3, 0.4) is 0 Å². The van der Waals surface area contributed by atoms with E-state index in [-0.39, 0.29) is 36.0 Å². The van der Waals surface area contributed by atoms with E-state index in [1.54, 1.807) is 48.5 Å². The van der Waals surface area contributed by atoms with Gasteiger partial charge in [-0.2, -0.15) is 0 Å². The zero-order valence-electron chi connectivity index (χ0n) is 25.5. The number of amides is 3. The first kappa shape index (κ1) is 31.3. The van der Waals surface area contributed by atoms with E-state index in [0.717, 1.165) is 11.1 Å². The molecule has 1 saturated heterocycles. The molecule has 0 aliphatic carbocycles. The molecule has 9 heteroatoms. The number of methoxy groups -OCH3 is 1. The Bertz CT molecular complexity index is 1640. The van der Waals surface area contributed by atoms with Crippen LogP contribution in [0.1, 0.15) is 51.1 Å². The first-order valence-corrected chi connectivity index (χ1v) is 15.1. The Morgan fingerprint density at radius 2 is 1.58 bits per heavy atom. The average Bonchev–Trinajstić information content (AvgIpc) is 3.08. The molecule has 8 nitrogen and oxygen atoms in total. The highest BCUT2D eigenvalue weighted by molar-refractivity contribution is 6.06. The van der Waals surface area contributed by atoms with Gasteiger partial charge in [0, 0.05) is 49.7 Å². The summed E-state index contributed by atoms with van der Waals surface area (Å²) in [5.41, 5.74) is 3.73. The number of hydrogen-bond acceptors (Lipinski definition) is 5. The summed E-state index contributed by atoms with van der Waals surface area (Å²) in [7, 11) is 1.54. The summed E-state index contributed by atoms with van der Waals surface area (Å²) in [6, 6.07) is 27.9. The molecule has 3 amide bonds. The maximum absolute atomic E-state index is 13.6. The molecule has 0 unspecified atom stereocenters. The highest BCUT2D eigenvalue weighted by Crippen LogP contribution is 2.28. The monoisotopic (exact) mass is 608 g/mol. The molecule has 0 aromatic heterocycles. The standard InChI is InChI=1S/C36H37FN4O4/c1-3-31(26-8-5-4-6-9-26)36(44)41-20-18-40(19-21-41)33-17-16-29(39-34(42)27-10-7-11-30(22-27)45-2)23-32(33)35(43)38-24-25-12-14-28(37)15-13-25/h4-17,22-23,31H,3,18-21,24H2,1-2H3,(H,38,43)(H,39,42)/t31-/m0/s1. The zero-order chi connectivity index (χ0) is 31.8. The lowest BCUT2D eigenvalue weighted by molar-refractivity contribution is -0.133. The molecule has 1 heterocycles. The van der Waals surface area contributed by atoms with E-state index in [1.165, 1.54) is 19.2 Å². The van der Waals surface area contributed by atoms with Crippen LogP contribution in [0.5, 0.6) is 5.75 Å². The molecule has 0 spiro atoms. The predicted molar refractivity (Wildman–Crippen MR) is 173 cm³/mol. The maximum Gasteiger partial charge on any atom is 0.255 e. The van der Waals surface area contributed by atoms with Gasteiger partial charge in [0.15, 0.2) is 0 Å². The lowest BCUT2D eigenvalue weighted by Gasteiger charge is -2.38. The van der Waals surface area contributed by atoms with Crippen molar-refractivity contribution in [3.05, 3.63) is 125 Å². The minimum atomic E-state index is -0.349. The molecular formula is C36H37FN4O4. The highest BCUT2D eigenvalue weighted by Gasteiger charge is 2.29. The molecule has 45 heavy (non-hydrogen) atoms. The van der Waals surface area contributed by atoms with Crippen LogP contribution < -0.4 is 20.3 Å². The predicted octanol–water partition coefficient (Wildman–Crippen LogP) is 5.86. The van der Waals surface area contributed by atoms with Gasteiger partial charge in [-0.1, -0.05) is 55.5 Å². The summed E-state index contributed by atoms with van der Waals surface area (Å²) < 4.78 is 18.6. The second kappa shape index (κ2) is 14.5. The summed E-state index contributed by atoms with van der Waals surface area (Å²) in [5, 5.41) is 5.81. The normalized spacial score (nSPS) is 13.6. The van der Waals surface area contributed by atoms with Gasteiger partial charge in [0.1, 0.15) is 11.6 Å². The third kappa shape index (κ3) is 7.67. The third-order valence-corrected chi connectivity index (χ3v) is 8.04. The molecule has 1 aliphatic heterocycles. The largest absolute Gasteiger partial charge is 0.497 e. The van der Waals surface area contributed by atoms with E-state index in [9.17, 15) is 18.8 Å². The van der Waals surface area contributed by atoms with Crippen LogP contribution in [0.2, 0.25) is 0 Å². The second-order valence-electron chi connectivity index (χ2n) is 10.9. The molecule has 0 radical (unpaired) electrons. The number of carbonyl (C=O) groups excluding carboxylic acids is 3. The molecular weight excluding hydrogens is 571 g/mol. The first-order chi connectivity index (χ1) is 21.9. The van der Waals surface area contributed by atoms with Gasteiger partial charge in [-0.15, -0.1) is 0 Å². The first-order valence-electron chi connectivity index (χ1n) is 15.1. The molecule has 1 aliphatic rings. The van der Waals surface area contributed by atoms with Gasteiger partial charge < -0.3 is 25.2 Å². The summed E-state index contributed by atoms with van der Waals surface area (Å²) in [4.78, 5) is 44.1. The quantitative estimate of drug-likeness (QED) is 0.236. The Morgan fingerprint density at radius 1 is 0.844 bits per heavy atom. The SMILES string of the molecule is CC[C@H](C(=O)N1CCN(c2ccc(NC(=O)c3cccc(OC)c3)cc2C(=O)NCc2ccc(F)cc2)CC1)c1ccccc1. The molecule has 0 bridgehead atoms.